The van der Waals surface area contributed by atoms with E-state index in [1.807, 2.05) is 77.8 Å². The highest BCUT2D eigenvalue weighted by Crippen LogP contribution is 2.28. The Balaban J connectivity index is 1.54. The molecule has 3 aromatic carbocycles. The van der Waals surface area contributed by atoms with Crippen LogP contribution in [0.4, 0.5) is 5.69 Å². The van der Waals surface area contributed by atoms with E-state index in [0.717, 1.165) is 22.3 Å². The molecule has 0 N–H and O–H groups in total. The van der Waals surface area contributed by atoms with Crippen LogP contribution in [0.15, 0.2) is 111 Å². The summed E-state index contributed by atoms with van der Waals surface area (Å²) in [5.41, 5.74) is 3.61. The molecule has 1 aliphatic heterocycles. The highest BCUT2D eigenvalue weighted by Gasteiger charge is 2.28. The molecule has 0 spiro atoms. The summed E-state index contributed by atoms with van der Waals surface area (Å²) < 4.78 is 5.54. The van der Waals surface area contributed by atoms with Crippen molar-refractivity contribution in [3.05, 3.63) is 119 Å². The summed E-state index contributed by atoms with van der Waals surface area (Å²) in [4.78, 5) is 12.7. The minimum atomic E-state index is -0.354. The lowest BCUT2D eigenvalue weighted by molar-refractivity contribution is 0.559. The Hall–Kier alpha value is -3.92. The van der Waals surface area contributed by atoms with Gasteiger partial charge < -0.3 is 4.42 Å². The third-order valence-electron chi connectivity index (χ3n) is 5.23. The van der Waals surface area contributed by atoms with Gasteiger partial charge in [0, 0.05) is 11.8 Å². The van der Waals surface area contributed by atoms with Crippen LogP contribution in [0.1, 0.15) is 17.5 Å². The number of para-hydroxylation sites is 2. The molecule has 2 heterocycles. The molecule has 0 radical (unpaired) electrons. The Morgan fingerprint density at radius 3 is 2.40 bits per heavy atom. The number of rotatable bonds is 4. The van der Waals surface area contributed by atoms with Crippen molar-refractivity contribution in [3.63, 3.8) is 0 Å². The van der Waals surface area contributed by atoms with Crippen molar-refractivity contribution < 1.29 is 4.42 Å². The van der Waals surface area contributed by atoms with Gasteiger partial charge in [-0.25, -0.2) is 4.79 Å². The quantitative estimate of drug-likeness (QED) is 0.432. The summed E-state index contributed by atoms with van der Waals surface area (Å²) in [5, 5.41) is 7.70. The van der Waals surface area contributed by atoms with Gasteiger partial charge in [0.1, 0.15) is 5.58 Å². The lowest BCUT2D eigenvalue weighted by Gasteiger charge is -2.20. The average Bonchev–Trinajstić information content (AvgIpc) is 3.22. The van der Waals surface area contributed by atoms with Gasteiger partial charge in [-0.1, -0.05) is 78.9 Å². The monoisotopic (exact) mass is 392 g/mol. The van der Waals surface area contributed by atoms with Crippen molar-refractivity contribution in [1.29, 1.82) is 0 Å². The molecular weight excluding hydrogens is 372 g/mol. The minimum absolute atomic E-state index is 0.00785. The molecule has 5 rings (SSSR count). The smallest absolute Gasteiger partial charge is 0.345 e. The van der Waals surface area contributed by atoms with Crippen molar-refractivity contribution in [2.45, 2.75) is 12.5 Å². The predicted octanol–water partition coefficient (Wildman–Crippen LogP) is 5.49. The standard InChI is InChI=1S/C26H20N2O2/c29-26-23(17-20-11-7-8-14-25(20)30-26)24-18-22(16-15-19-9-3-1-4-10-19)28(27-24)21-12-5-2-6-13-21/h1-17,22H,18H2/b16-15+/t22-/m0/s1. The molecular formula is C26H20N2O2. The maximum absolute atomic E-state index is 12.7. The number of hydrogen-bond donors (Lipinski definition) is 0. The molecule has 0 aliphatic carbocycles. The fourth-order valence-corrected chi connectivity index (χ4v) is 3.72. The highest BCUT2D eigenvalue weighted by atomic mass is 16.4. The molecule has 0 fully saturated rings. The van der Waals surface area contributed by atoms with E-state index >= 15 is 0 Å². The van der Waals surface area contributed by atoms with Gasteiger partial charge in [-0.05, 0) is 29.8 Å². The molecule has 0 saturated carbocycles. The molecule has 0 unspecified atom stereocenters. The second-order valence-electron chi connectivity index (χ2n) is 7.25. The van der Waals surface area contributed by atoms with E-state index in [-0.39, 0.29) is 11.7 Å². The Kier molecular flexibility index (Phi) is 4.74. The predicted molar refractivity (Wildman–Crippen MR) is 122 cm³/mol. The highest BCUT2D eigenvalue weighted by molar-refractivity contribution is 6.04. The molecule has 1 aromatic heterocycles. The van der Waals surface area contributed by atoms with Gasteiger partial charge in [-0.2, -0.15) is 5.10 Å². The van der Waals surface area contributed by atoms with E-state index in [9.17, 15) is 4.79 Å². The zero-order valence-electron chi connectivity index (χ0n) is 16.3. The SMILES string of the molecule is O=c1oc2ccccc2cc1C1=NN(c2ccccc2)[C@@H](/C=C/c2ccccc2)C1. The van der Waals surface area contributed by atoms with Crippen LogP contribution in [0, 0.1) is 0 Å². The Labute approximate surface area is 174 Å². The van der Waals surface area contributed by atoms with Crippen LogP contribution >= 0.6 is 0 Å². The van der Waals surface area contributed by atoms with Crippen molar-refractivity contribution in [2.75, 3.05) is 5.01 Å². The molecule has 30 heavy (non-hydrogen) atoms. The third-order valence-corrected chi connectivity index (χ3v) is 5.23. The maximum atomic E-state index is 12.7. The van der Waals surface area contributed by atoms with Crippen LogP contribution in [-0.2, 0) is 0 Å². The fraction of sp³-hybridized carbons (Fsp3) is 0.0769. The molecule has 0 saturated heterocycles. The minimum Gasteiger partial charge on any atom is -0.422 e. The van der Waals surface area contributed by atoms with E-state index in [4.69, 9.17) is 9.52 Å². The summed E-state index contributed by atoms with van der Waals surface area (Å²) in [5.74, 6) is 0. The lowest BCUT2D eigenvalue weighted by atomic mass is 10.0. The van der Waals surface area contributed by atoms with Crippen LogP contribution in [0.5, 0.6) is 0 Å². The summed E-state index contributed by atoms with van der Waals surface area (Å²) in [6.07, 6.45) is 4.87. The van der Waals surface area contributed by atoms with E-state index in [1.54, 1.807) is 6.07 Å². The second-order valence-corrected chi connectivity index (χ2v) is 7.25. The first-order valence-electron chi connectivity index (χ1n) is 9.96. The first-order valence-corrected chi connectivity index (χ1v) is 9.96. The van der Waals surface area contributed by atoms with Crippen molar-refractivity contribution >= 4 is 28.4 Å². The number of hydrazone groups is 1. The van der Waals surface area contributed by atoms with Gasteiger partial charge in [0.15, 0.2) is 0 Å². The summed E-state index contributed by atoms with van der Waals surface area (Å²) in [7, 11) is 0. The first kappa shape index (κ1) is 18.1. The van der Waals surface area contributed by atoms with E-state index < -0.39 is 0 Å². The Bertz CT molecular complexity index is 1290. The zero-order valence-corrected chi connectivity index (χ0v) is 16.3. The van der Waals surface area contributed by atoms with Crippen molar-refractivity contribution in [2.24, 2.45) is 5.10 Å². The van der Waals surface area contributed by atoms with Gasteiger partial charge in [-0.15, -0.1) is 0 Å². The molecule has 4 aromatic rings. The first-order chi connectivity index (χ1) is 14.8. The molecule has 1 aliphatic rings. The third kappa shape index (κ3) is 3.55. The van der Waals surface area contributed by atoms with Crippen LogP contribution in [0.3, 0.4) is 0 Å². The Morgan fingerprint density at radius 1 is 0.900 bits per heavy atom. The van der Waals surface area contributed by atoms with Gasteiger partial charge in [-0.3, -0.25) is 5.01 Å². The van der Waals surface area contributed by atoms with Gasteiger partial charge in [0.2, 0.25) is 0 Å². The second kappa shape index (κ2) is 7.84. The van der Waals surface area contributed by atoms with E-state index in [1.165, 1.54) is 0 Å². The Morgan fingerprint density at radius 2 is 1.60 bits per heavy atom. The van der Waals surface area contributed by atoms with Crippen LogP contribution in [0.2, 0.25) is 0 Å². The molecule has 146 valence electrons. The summed E-state index contributed by atoms with van der Waals surface area (Å²) in [6.45, 7) is 0. The number of nitrogens with zero attached hydrogens (tertiary/aromatic N) is 2. The van der Waals surface area contributed by atoms with E-state index in [2.05, 4.69) is 24.3 Å². The fourth-order valence-electron chi connectivity index (χ4n) is 3.72. The summed E-state index contributed by atoms with van der Waals surface area (Å²) in [6, 6.07) is 29.6. The molecule has 0 amide bonds. The maximum Gasteiger partial charge on any atom is 0.345 e. The molecule has 0 bridgehead atoms. The van der Waals surface area contributed by atoms with Gasteiger partial charge in [0.25, 0.3) is 0 Å². The van der Waals surface area contributed by atoms with Crippen molar-refractivity contribution in [1.82, 2.24) is 0 Å². The van der Waals surface area contributed by atoms with Gasteiger partial charge in [0.05, 0.1) is 23.0 Å². The average molecular weight is 392 g/mol. The molecule has 4 nitrogen and oxygen atoms in total. The number of hydrogen-bond acceptors (Lipinski definition) is 4. The topological polar surface area (TPSA) is 45.8 Å². The molecule has 1 atom stereocenters. The number of fused-ring (bicyclic) bond motifs is 1. The number of anilines is 1. The number of benzene rings is 3. The van der Waals surface area contributed by atoms with Crippen LogP contribution in [-0.4, -0.2) is 11.8 Å². The normalized spacial score (nSPS) is 16.3. The van der Waals surface area contributed by atoms with Crippen molar-refractivity contribution in [3.8, 4) is 0 Å². The van der Waals surface area contributed by atoms with Crippen LogP contribution in [0.25, 0.3) is 17.0 Å². The zero-order chi connectivity index (χ0) is 20.3. The van der Waals surface area contributed by atoms with Crippen LogP contribution < -0.4 is 10.6 Å². The summed E-state index contributed by atoms with van der Waals surface area (Å²) >= 11 is 0. The lowest BCUT2D eigenvalue weighted by Crippen LogP contribution is -2.24. The molecule has 4 heteroatoms. The largest absolute Gasteiger partial charge is 0.422 e. The van der Waals surface area contributed by atoms with Gasteiger partial charge >= 0.3 is 5.63 Å². The van der Waals surface area contributed by atoms with E-state index in [0.29, 0.717) is 17.6 Å².